The molecule has 21 heavy (non-hydrogen) atoms. The summed E-state index contributed by atoms with van der Waals surface area (Å²) in [5.41, 5.74) is -0.0548. The minimum atomic E-state index is -1.17. The summed E-state index contributed by atoms with van der Waals surface area (Å²) in [6, 6.07) is 3.35. The molecular formula is C13H14FNO5S. The highest BCUT2D eigenvalue weighted by Crippen LogP contribution is 2.22. The fourth-order valence-corrected chi connectivity index (χ4v) is 2.21. The fraction of sp³-hybridized carbons (Fsp3) is 0.308. The highest BCUT2D eigenvalue weighted by Gasteiger charge is 2.10. The number of carbonyl (C=O) groups excluding carboxylic acids is 1. The van der Waals surface area contributed by atoms with Crippen molar-refractivity contribution in [3.63, 3.8) is 0 Å². The van der Waals surface area contributed by atoms with Crippen molar-refractivity contribution in [1.82, 2.24) is 5.32 Å². The molecule has 1 aromatic rings. The summed E-state index contributed by atoms with van der Waals surface area (Å²) in [5, 5.41) is 19.7. The van der Waals surface area contributed by atoms with Crippen LogP contribution in [0.4, 0.5) is 4.39 Å². The van der Waals surface area contributed by atoms with Gasteiger partial charge < -0.3 is 15.5 Å². The average Bonchev–Trinajstić information content (AvgIpc) is 2.42. The number of carboxylic acid groups (broad SMARTS) is 2. The number of rotatable bonds is 8. The lowest BCUT2D eigenvalue weighted by Crippen LogP contribution is -2.26. The van der Waals surface area contributed by atoms with E-state index in [-0.39, 0.29) is 35.1 Å². The molecule has 0 aliphatic carbocycles. The van der Waals surface area contributed by atoms with Gasteiger partial charge in [-0.15, -0.1) is 11.8 Å². The first-order valence-electron chi connectivity index (χ1n) is 6.04. The van der Waals surface area contributed by atoms with Gasteiger partial charge in [0, 0.05) is 17.9 Å². The summed E-state index contributed by atoms with van der Waals surface area (Å²) >= 11 is 0.884. The number of aromatic carboxylic acids is 1. The van der Waals surface area contributed by atoms with Gasteiger partial charge in [0.1, 0.15) is 5.82 Å². The van der Waals surface area contributed by atoms with Gasteiger partial charge in [-0.1, -0.05) is 0 Å². The van der Waals surface area contributed by atoms with E-state index in [0.29, 0.717) is 6.42 Å². The molecule has 0 radical (unpaired) electrons. The quantitative estimate of drug-likeness (QED) is 0.497. The molecule has 0 aliphatic heterocycles. The van der Waals surface area contributed by atoms with Crippen LogP contribution in [0, 0.1) is 5.82 Å². The zero-order valence-corrected chi connectivity index (χ0v) is 11.8. The normalized spacial score (nSPS) is 10.1. The molecule has 0 saturated heterocycles. The first-order chi connectivity index (χ1) is 9.90. The second-order valence-electron chi connectivity index (χ2n) is 4.09. The van der Waals surface area contributed by atoms with E-state index in [9.17, 15) is 18.8 Å². The second-order valence-corrected chi connectivity index (χ2v) is 5.10. The highest BCUT2D eigenvalue weighted by molar-refractivity contribution is 8.00. The summed E-state index contributed by atoms with van der Waals surface area (Å²) in [5.74, 6) is -3.15. The molecule has 0 bridgehead atoms. The number of amides is 1. The van der Waals surface area contributed by atoms with E-state index in [0.717, 1.165) is 23.9 Å². The van der Waals surface area contributed by atoms with Crippen LogP contribution in [-0.2, 0) is 9.59 Å². The predicted octanol–water partition coefficient (Wildman–Crippen LogP) is 1.60. The number of nitrogens with one attached hydrogen (secondary N) is 1. The Morgan fingerprint density at radius 2 is 1.95 bits per heavy atom. The average molecular weight is 315 g/mol. The largest absolute Gasteiger partial charge is 0.481 e. The number of hydrogen-bond donors (Lipinski definition) is 3. The number of thioether (sulfide) groups is 1. The first-order valence-corrected chi connectivity index (χ1v) is 7.03. The van der Waals surface area contributed by atoms with Gasteiger partial charge in [-0.3, -0.25) is 9.59 Å². The molecule has 0 fully saturated rings. The Morgan fingerprint density at radius 1 is 1.24 bits per heavy atom. The van der Waals surface area contributed by atoms with E-state index < -0.39 is 17.8 Å². The summed E-state index contributed by atoms with van der Waals surface area (Å²) < 4.78 is 13.5. The van der Waals surface area contributed by atoms with Crippen molar-refractivity contribution >= 4 is 29.6 Å². The predicted molar refractivity (Wildman–Crippen MR) is 74.0 cm³/mol. The molecule has 1 amide bonds. The van der Waals surface area contributed by atoms with E-state index in [1.807, 2.05) is 0 Å². The molecule has 114 valence electrons. The third-order valence-electron chi connectivity index (χ3n) is 2.43. The van der Waals surface area contributed by atoms with Crippen molar-refractivity contribution in [2.24, 2.45) is 0 Å². The van der Waals surface area contributed by atoms with Gasteiger partial charge in [0.2, 0.25) is 5.91 Å². The van der Waals surface area contributed by atoms with Gasteiger partial charge in [-0.25, -0.2) is 9.18 Å². The number of halogens is 1. The van der Waals surface area contributed by atoms with Gasteiger partial charge in [-0.05, 0) is 24.6 Å². The van der Waals surface area contributed by atoms with Crippen LogP contribution in [0.3, 0.4) is 0 Å². The number of carbonyl (C=O) groups is 3. The maximum Gasteiger partial charge on any atom is 0.335 e. The maximum absolute atomic E-state index is 13.5. The van der Waals surface area contributed by atoms with Crippen LogP contribution < -0.4 is 5.32 Å². The first kappa shape index (κ1) is 17.0. The van der Waals surface area contributed by atoms with Crippen LogP contribution in [0.1, 0.15) is 23.2 Å². The van der Waals surface area contributed by atoms with E-state index in [1.165, 1.54) is 6.07 Å². The minimum Gasteiger partial charge on any atom is -0.481 e. The molecule has 1 aromatic carbocycles. The molecule has 8 heteroatoms. The molecule has 0 aliphatic rings. The van der Waals surface area contributed by atoms with E-state index >= 15 is 0 Å². The monoisotopic (exact) mass is 315 g/mol. The molecule has 6 nitrogen and oxygen atoms in total. The second kappa shape index (κ2) is 8.25. The van der Waals surface area contributed by atoms with Crippen molar-refractivity contribution in [3.05, 3.63) is 29.6 Å². The van der Waals surface area contributed by atoms with Crippen molar-refractivity contribution in [1.29, 1.82) is 0 Å². The van der Waals surface area contributed by atoms with E-state index in [1.54, 1.807) is 0 Å². The maximum atomic E-state index is 13.5. The minimum absolute atomic E-state index is 0.0390. The Labute approximate surface area is 124 Å². The van der Waals surface area contributed by atoms with Crippen molar-refractivity contribution in [3.8, 4) is 0 Å². The SMILES string of the molecule is O=C(O)CCCNC(=O)CSc1cc(C(=O)O)ccc1F. The van der Waals surface area contributed by atoms with Gasteiger partial charge in [0.15, 0.2) is 0 Å². The fourth-order valence-electron chi connectivity index (χ4n) is 1.41. The Balaban J connectivity index is 2.44. The summed E-state index contributed by atoms with van der Waals surface area (Å²) in [4.78, 5) is 32.6. The molecule has 1 rings (SSSR count). The Morgan fingerprint density at radius 3 is 2.57 bits per heavy atom. The van der Waals surface area contributed by atoms with Crippen LogP contribution in [-0.4, -0.2) is 40.4 Å². The van der Waals surface area contributed by atoms with Crippen molar-refractivity contribution < 1.29 is 29.0 Å². The summed E-state index contributed by atoms with van der Waals surface area (Å²) in [6.45, 7) is 0.226. The number of hydrogen-bond acceptors (Lipinski definition) is 4. The van der Waals surface area contributed by atoms with E-state index in [4.69, 9.17) is 10.2 Å². The van der Waals surface area contributed by atoms with Crippen LogP contribution in [0.15, 0.2) is 23.1 Å². The smallest absolute Gasteiger partial charge is 0.335 e. The Hall–Kier alpha value is -2.09. The molecule has 3 N–H and O–H groups in total. The number of aliphatic carboxylic acids is 1. The van der Waals surface area contributed by atoms with Crippen molar-refractivity contribution in [2.45, 2.75) is 17.7 Å². The van der Waals surface area contributed by atoms with Crippen LogP contribution in [0.2, 0.25) is 0 Å². The summed E-state index contributed by atoms with van der Waals surface area (Å²) in [7, 11) is 0. The molecule has 0 atom stereocenters. The van der Waals surface area contributed by atoms with E-state index in [2.05, 4.69) is 5.32 Å². The van der Waals surface area contributed by atoms with Crippen LogP contribution in [0.25, 0.3) is 0 Å². The molecule has 0 unspecified atom stereocenters. The topological polar surface area (TPSA) is 104 Å². The Bertz CT molecular complexity index is 549. The molecular weight excluding hydrogens is 301 g/mol. The third kappa shape index (κ3) is 6.26. The molecule has 0 spiro atoms. The summed E-state index contributed by atoms with van der Waals surface area (Å²) in [6.07, 6.45) is 0.275. The van der Waals surface area contributed by atoms with Gasteiger partial charge in [0.25, 0.3) is 0 Å². The molecule has 0 saturated carbocycles. The highest BCUT2D eigenvalue weighted by atomic mass is 32.2. The van der Waals surface area contributed by atoms with Gasteiger partial charge >= 0.3 is 11.9 Å². The lowest BCUT2D eigenvalue weighted by atomic mass is 10.2. The standard InChI is InChI=1S/C13H14FNO5S/c14-9-4-3-8(13(19)20)6-10(9)21-7-11(16)15-5-1-2-12(17)18/h3-4,6H,1-2,5,7H2,(H,15,16)(H,17,18)(H,19,20). The third-order valence-corrected chi connectivity index (χ3v) is 3.46. The van der Waals surface area contributed by atoms with Gasteiger partial charge in [0.05, 0.1) is 11.3 Å². The lowest BCUT2D eigenvalue weighted by Gasteiger charge is -2.06. The molecule has 0 heterocycles. The zero-order valence-electron chi connectivity index (χ0n) is 11.0. The van der Waals surface area contributed by atoms with Crippen molar-refractivity contribution in [2.75, 3.05) is 12.3 Å². The zero-order chi connectivity index (χ0) is 15.8. The van der Waals surface area contributed by atoms with Crippen LogP contribution in [0.5, 0.6) is 0 Å². The Kier molecular flexibility index (Phi) is 6.67. The lowest BCUT2D eigenvalue weighted by molar-refractivity contribution is -0.137. The number of benzene rings is 1. The molecule has 0 aromatic heterocycles. The number of carboxylic acids is 2. The van der Waals surface area contributed by atoms with Crippen LogP contribution >= 0.6 is 11.8 Å². The van der Waals surface area contributed by atoms with Gasteiger partial charge in [-0.2, -0.15) is 0 Å².